The molecule has 0 saturated heterocycles. The fraction of sp³-hybridized carbons (Fsp3) is 0.579. The average Bonchev–Trinajstić information content (AvgIpc) is 2.50. The number of ketones is 2. The van der Waals surface area contributed by atoms with E-state index in [1.165, 1.54) is 0 Å². The third-order valence-electron chi connectivity index (χ3n) is 4.44. The number of hydrogen-bond donors (Lipinski definition) is 0. The summed E-state index contributed by atoms with van der Waals surface area (Å²) in [5, 5.41) is 0. The van der Waals surface area contributed by atoms with Crippen LogP contribution in [0.25, 0.3) is 0 Å². The highest BCUT2D eigenvalue weighted by atomic mass is 16.5. The van der Waals surface area contributed by atoms with Gasteiger partial charge in [-0.25, -0.2) is 0 Å². The van der Waals surface area contributed by atoms with Gasteiger partial charge in [-0.2, -0.15) is 0 Å². The predicted octanol–water partition coefficient (Wildman–Crippen LogP) is 3.98. The average molecular weight is 302 g/mol. The number of carbonyl (C=O) groups excluding carboxylic acids is 2. The summed E-state index contributed by atoms with van der Waals surface area (Å²) >= 11 is 0. The van der Waals surface area contributed by atoms with Gasteiger partial charge in [-0.05, 0) is 43.4 Å². The SMILES string of the molecule is CCCC1CCC(C(=O)Cc2ccc(OCC)cc2)C(=O)C1. The van der Waals surface area contributed by atoms with Crippen molar-refractivity contribution in [3.8, 4) is 5.75 Å². The van der Waals surface area contributed by atoms with E-state index in [0.29, 0.717) is 25.4 Å². The Bertz CT molecular complexity index is 504. The van der Waals surface area contributed by atoms with Crippen LogP contribution in [0.5, 0.6) is 5.75 Å². The first kappa shape index (κ1) is 16.7. The molecule has 2 rings (SSSR count). The molecule has 1 saturated carbocycles. The summed E-state index contributed by atoms with van der Waals surface area (Å²) in [5.41, 5.74) is 0.955. The molecule has 3 heteroatoms. The van der Waals surface area contributed by atoms with Gasteiger partial charge in [0.25, 0.3) is 0 Å². The van der Waals surface area contributed by atoms with Crippen molar-refractivity contribution in [2.45, 2.75) is 52.4 Å². The Morgan fingerprint density at radius 3 is 2.50 bits per heavy atom. The number of rotatable bonds is 7. The van der Waals surface area contributed by atoms with E-state index in [9.17, 15) is 9.59 Å². The van der Waals surface area contributed by atoms with Crippen LogP contribution in [0, 0.1) is 11.8 Å². The molecule has 1 aliphatic carbocycles. The number of carbonyl (C=O) groups is 2. The predicted molar refractivity (Wildman–Crippen MR) is 87.1 cm³/mol. The first-order valence-corrected chi connectivity index (χ1v) is 8.41. The van der Waals surface area contributed by atoms with Crippen LogP contribution >= 0.6 is 0 Å². The Morgan fingerprint density at radius 1 is 1.18 bits per heavy atom. The smallest absolute Gasteiger partial charge is 0.147 e. The van der Waals surface area contributed by atoms with E-state index in [0.717, 1.165) is 37.0 Å². The maximum absolute atomic E-state index is 12.4. The maximum Gasteiger partial charge on any atom is 0.147 e. The molecular weight excluding hydrogens is 276 g/mol. The molecular formula is C19H26O3. The van der Waals surface area contributed by atoms with Crippen LogP contribution in [0.1, 0.15) is 51.5 Å². The molecule has 120 valence electrons. The van der Waals surface area contributed by atoms with Crippen molar-refractivity contribution in [1.29, 1.82) is 0 Å². The summed E-state index contributed by atoms with van der Waals surface area (Å²) < 4.78 is 5.39. The summed E-state index contributed by atoms with van der Waals surface area (Å²) in [6, 6.07) is 7.59. The molecule has 1 aliphatic rings. The second kappa shape index (κ2) is 8.11. The van der Waals surface area contributed by atoms with Gasteiger partial charge in [-0.3, -0.25) is 9.59 Å². The molecule has 2 unspecified atom stereocenters. The zero-order chi connectivity index (χ0) is 15.9. The summed E-state index contributed by atoms with van der Waals surface area (Å²) in [6.07, 6.45) is 4.90. The van der Waals surface area contributed by atoms with Crippen LogP contribution in [0.15, 0.2) is 24.3 Å². The van der Waals surface area contributed by atoms with E-state index in [4.69, 9.17) is 4.74 Å². The van der Waals surface area contributed by atoms with Crippen molar-refractivity contribution in [2.75, 3.05) is 6.61 Å². The maximum atomic E-state index is 12.4. The summed E-state index contributed by atoms with van der Waals surface area (Å²) in [7, 11) is 0. The molecule has 1 aromatic carbocycles. The number of benzene rings is 1. The highest BCUT2D eigenvalue weighted by Crippen LogP contribution is 2.30. The van der Waals surface area contributed by atoms with Crippen LogP contribution in [0.4, 0.5) is 0 Å². The van der Waals surface area contributed by atoms with Crippen LogP contribution in [0.2, 0.25) is 0 Å². The fourth-order valence-electron chi connectivity index (χ4n) is 3.28. The van der Waals surface area contributed by atoms with E-state index in [1.54, 1.807) is 0 Å². The Balaban J connectivity index is 1.90. The van der Waals surface area contributed by atoms with E-state index in [2.05, 4.69) is 6.92 Å². The molecule has 0 aromatic heterocycles. The molecule has 0 N–H and O–H groups in total. The van der Waals surface area contributed by atoms with Gasteiger partial charge >= 0.3 is 0 Å². The van der Waals surface area contributed by atoms with Gasteiger partial charge in [0.1, 0.15) is 17.3 Å². The molecule has 1 fully saturated rings. The summed E-state index contributed by atoms with van der Waals surface area (Å²) in [6.45, 7) is 4.72. The van der Waals surface area contributed by atoms with Crippen molar-refractivity contribution < 1.29 is 14.3 Å². The highest BCUT2D eigenvalue weighted by Gasteiger charge is 2.32. The highest BCUT2D eigenvalue weighted by molar-refractivity contribution is 6.03. The molecule has 0 amide bonds. The fourth-order valence-corrected chi connectivity index (χ4v) is 3.28. The minimum Gasteiger partial charge on any atom is -0.494 e. The largest absolute Gasteiger partial charge is 0.494 e. The van der Waals surface area contributed by atoms with Crippen molar-refractivity contribution in [2.24, 2.45) is 11.8 Å². The molecule has 1 aromatic rings. The Morgan fingerprint density at radius 2 is 1.91 bits per heavy atom. The van der Waals surface area contributed by atoms with Crippen LogP contribution in [-0.4, -0.2) is 18.2 Å². The quantitative estimate of drug-likeness (QED) is 0.715. The van der Waals surface area contributed by atoms with Gasteiger partial charge in [0.15, 0.2) is 0 Å². The van der Waals surface area contributed by atoms with E-state index >= 15 is 0 Å². The lowest BCUT2D eigenvalue weighted by molar-refractivity contribution is -0.135. The van der Waals surface area contributed by atoms with Gasteiger partial charge in [0.05, 0.1) is 12.5 Å². The van der Waals surface area contributed by atoms with Crippen LogP contribution < -0.4 is 4.74 Å². The lowest BCUT2D eigenvalue weighted by atomic mass is 9.76. The van der Waals surface area contributed by atoms with Gasteiger partial charge in [-0.1, -0.05) is 31.9 Å². The molecule has 0 bridgehead atoms. The third-order valence-corrected chi connectivity index (χ3v) is 4.44. The Kier molecular flexibility index (Phi) is 6.17. The molecule has 22 heavy (non-hydrogen) atoms. The lowest BCUT2D eigenvalue weighted by Gasteiger charge is -2.26. The minimum atomic E-state index is -0.375. The Hall–Kier alpha value is -1.64. The van der Waals surface area contributed by atoms with Crippen LogP contribution in [-0.2, 0) is 16.0 Å². The standard InChI is InChI=1S/C19H26O3/c1-3-5-14-8-11-17(18(20)12-14)19(21)13-15-6-9-16(10-7-15)22-4-2/h6-7,9-10,14,17H,3-5,8,11-13H2,1-2H3. The zero-order valence-corrected chi connectivity index (χ0v) is 13.6. The normalized spacial score (nSPS) is 21.6. The molecule has 0 spiro atoms. The summed E-state index contributed by atoms with van der Waals surface area (Å²) in [4.78, 5) is 24.6. The molecule has 0 aliphatic heterocycles. The van der Waals surface area contributed by atoms with Gasteiger partial charge < -0.3 is 4.74 Å². The lowest BCUT2D eigenvalue weighted by Crippen LogP contribution is -2.31. The number of hydrogen-bond acceptors (Lipinski definition) is 3. The van der Waals surface area contributed by atoms with Crippen molar-refractivity contribution in [3.63, 3.8) is 0 Å². The first-order valence-electron chi connectivity index (χ1n) is 8.41. The number of Topliss-reactive ketones (excluding diaryl/α,β-unsaturated/α-hetero) is 2. The number of ether oxygens (including phenoxy) is 1. The second-order valence-corrected chi connectivity index (χ2v) is 6.18. The topological polar surface area (TPSA) is 43.4 Å². The van der Waals surface area contributed by atoms with Crippen molar-refractivity contribution in [1.82, 2.24) is 0 Å². The van der Waals surface area contributed by atoms with Gasteiger partial charge in [0, 0.05) is 12.8 Å². The molecule has 0 heterocycles. The first-order chi connectivity index (χ1) is 10.6. The Labute approximate surface area is 133 Å². The van der Waals surface area contributed by atoms with E-state index < -0.39 is 0 Å². The molecule has 0 radical (unpaired) electrons. The van der Waals surface area contributed by atoms with E-state index in [-0.39, 0.29) is 17.5 Å². The zero-order valence-electron chi connectivity index (χ0n) is 13.6. The minimum absolute atomic E-state index is 0.0732. The van der Waals surface area contributed by atoms with Gasteiger partial charge in [-0.15, -0.1) is 0 Å². The van der Waals surface area contributed by atoms with Gasteiger partial charge in [0.2, 0.25) is 0 Å². The molecule has 3 nitrogen and oxygen atoms in total. The van der Waals surface area contributed by atoms with Crippen LogP contribution in [0.3, 0.4) is 0 Å². The molecule has 2 atom stereocenters. The second-order valence-electron chi connectivity index (χ2n) is 6.18. The summed E-state index contributed by atoms with van der Waals surface area (Å²) in [5.74, 6) is 1.16. The monoisotopic (exact) mass is 302 g/mol. The van der Waals surface area contributed by atoms with Crippen molar-refractivity contribution >= 4 is 11.6 Å². The van der Waals surface area contributed by atoms with E-state index in [1.807, 2.05) is 31.2 Å². The van der Waals surface area contributed by atoms with Crippen molar-refractivity contribution in [3.05, 3.63) is 29.8 Å². The third kappa shape index (κ3) is 4.43.